The Balaban J connectivity index is 2.94. The number of alkyl halides is 2. The van der Waals surface area contributed by atoms with Gasteiger partial charge in [-0.25, -0.2) is 8.78 Å². The fourth-order valence-corrected chi connectivity index (χ4v) is 1.16. The quantitative estimate of drug-likeness (QED) is 0.653. The van der Waals surface area contributed by atoms with Gasteiger partial charge < -0.3 is 0 Å². The molecule has 0 aliphatic carbocycles. The third-order valence-corrected chi connectivity index (χ3v) is 2.08. The molecule has 0 radical (unpaired) electrons. The SMILES string of the molecule is CC(C)c1ccc(C(C)(F)F)cc1. The van der Waals surface area contributed by atoms with Crippen LogP contribution in [0.25, 0.3) is 0 Å². The Bertz CT molecular complexity index is 267. The third-order valence-electron chi connectivity index (χ3n) is 2.08. The lowest BCUT2D eigenvalue weighted by molar-refractivity contribution is 0.0174. The number of benzene rings is 1. The second kappa shape index (κ2) is 3.44. The molecule has 72 valence electrons. The van der Waals surface area contributed by atoms with Gasteiger partial charge in [0.05, 0.1) is 0 Å². The molecule has 0 aliphatic rings. The van der Waals surface area contributed by atoms with E-state index in [9.17, 15) is 8.78 Å². The van der Waals surface area contributed by atoms with Crippen LogP contribution in [0.15, 0.2) is 24.3 Å². The van der Waals surface area contributed by atoms with E-state index in [0.29, 0.717) is 5.92 Å². The van der Waals surface area contributed by atoms with E-state index >= 15 is 0 Å². The first-order valence-corrected chi connectivity index (χ1v) is 4.39. The molecule has 0 saturated heterocycles. The van der Waals surface area contributed by atoms with Gasteiger partial charge in [0.25, 0.3) is 5.92 Å². The van der Waals surface area contributed by atoms with Crippen LogP contribution >= 0.6 is 0 Å². The lowest BCUT2D eigenvalue weighted by atomic mass is 10.0. The van der Waals surface area contributed by atoms with Crippen LogP contribution in [-0.2, 0) is 5.92 Å². The molecule has 2 heteroatoms. The van der Waals surface area contributed by atoms with Crippen LogP contribution in [-0.4, -0.2) is 0 Å². The molecule has 0 heterocycles. The highest BCUT2D eigenvalue weighted by Gasteiger charge is 2.23. The second-order valence-electron chi connectivity index (χ2n) is 3.67. The van der Waals surface area contributed by atoms with E-state index < -0.39 is 5.92 Å². The van der Waals surface area contributed by atoms with Crippen LogP contribution < -0.4 is 0 Å². The fraction of sp³-hybridized carbons (Fsp3) is 0.455. The summed E-state index contributed by atoms with van der Waals surface area (Å²) in [6.45, 7) is 5.00. The summed E-state index contributed by atoms with van der Waals surface area (Å²) in [7, 11) is 0. The van der Waals surface area contributed by atoms with Crippen LogP contribution in [0.1, 0.15) is 37.8 Å². The summed E-state index contributed by atoms with van der Waals surface area (Å²) in [5, 5.41) is 0. The molecule has 1 aromatic rings. The van der Waals surface area contributed by atoms with Gasteiger partial charge in [0, 0.05) is 12.5 Å². The molecule has 0 unspecified atom stereocenters. The maximum atomic E-state index is 12.8. The molecule has 1 rings (SSSR count). The molecule has 0 amide bonds. The van der Waals surface area contributed by atoms with Crippen molar-refractivity contribution >= 4 is 0 Å². The Labute approximate surface area is 77.6 Å². The van der Waals surface area contributed by atoms with Gasteiger partial charge in [-0.05, 0) is 11.5 Å². The lowest BCUT2D eigenvalue weighted by Crippen LogP contribution is -2.06. The largest absolute Gasteiger partial charge is 0.270 e. The molecular weight excluding hydrogens is 170 g/mol. The van der Waals surface area contributed by atoms with Gasteiger partial charge in [0.15, 0.2) is 0 Å². The molecule has 0 aromatic heterocycles. The maximum Gasteiger partial charge on any atom is 0.270 e. The zero-order valence-corrected chi connectivity index (χ0v) is 8.14. The van der Waals surface area contributed by atoms with Crippen molar-refractivity contribution in [2.75, 3.05) is 0 Å². The molecule has 0 N–H and O–H groups in total. The highest BCUT2D eigenvalue weighted by atomic mass is 19.3. The van der Waals surface area contributed by atoms with Crippen LogP contribution in [0.4, 0.5) is 8.78 Å². The summed E-state index contributed by atoms with van der Waals surface area (Å²) in [5.74, 6) is -2.34. The standard InChI is InChI=1S/C11H14F2/c1-8(2)9-4-6-10(7-5-9)11(3,12)13/h4-8H,1-3H3. The summed E-state index contributed by atoms with van der Waals surface area (Å²) < 4.78 is 25.6. The Hall–Kier alpha value is -0.920. The van der Waals surface area contributed by atoms with Gasteiger partial charge in [-0.2, -0.15) is 0 Å². The average Bonchev–Trinajstić information content (AvgIpc) is 2.03. The monoisotopic (exact) mass is 184 g/mol. The van der Waals surface area contributed by atoms with Crippen molar-refractivity contribution < 1.29 is 8.78 Å². The minimum atomic E-state index is -2.73. The highest BCUT2D eigenvalue weighted by molar-refractivity contribution is 5.26. The van der Waals surface area contributed by atoms with Crippen molar-refractivity contribution in [1.29, 1.82) is 0 Å². The third kappa shape index (κ3) is 2.51. The van der Waals surface area contributed by atoms with E-state index in [2.05, 4.69) is 0 Å². The van der Waals surface area contributed by atoms with E-state index in [1.54, 1.807) is 12.1 Å². The minimum absolute atomic E-state index is 0.0805. The van der Waals surface area contributed by atoms with Gasteiger partial charge in [-0.3, -0.25) is 0 Å². The lowest BCUT2D eigenvalue weighted by Gasteiger charge is -2.12. The van der Waals surface area contributed by atoms with Crippen molar-refractivity contribution in [2.24, 2.45) is 0 Å². The topological polar surface area (TPSA) is 0 Å². The Morgan fingerprint density at radius 1 is 1.08 bits per heavy atom. The summed E-state index contributed by atoms with van der Waals surface area (Å²) in [6, 6.07) is 6.51. The van der Waals surface area contributed by atoms with E-state index in [1.807, 2.05) is 13.8 Å². The van der Waals surface area contributed by atoms with Crippen molar-refractivity contribution in [3.63, 3.8) is 0 Å². The molecule has 1 aromatic carbocycles. The maximum absolute atomic E-state index is 12.8. The second-order valence-corrected chi connectivity index (χ2v) is 3.67. The summed E-state index contributed by atoms with van der Waals surface area (Å²) >= 11 is 0. The fourth-order valence-electron chi connectivity index (χ4n) is 1.16. The molecule has 0 aliphatic heterocycles. The predicted molar refractivity (Wildman–Crippen MR) is 50.1 cm³/mol. The van der Waals surface area contributed by atoms with Crippen LogP contribution in [0.3, 0.4) is 0 Å². The molecule has 13 heavy (non-hydrogen) atoms. The first-order chi connectivity index (χ1) is 5.91. The molecule has 0 saturated carbocycles. The highest BCUT2D eigenvalue weighted by Crippen LogP contribution is 2.27. The number of hydrogen-bond donors (Lipinski definition) is 0. The van der Waals surface area contributed by atoms with Crippen LogP contribution in [0.2, 0.25) is 0 Å². The van der Waals surface area contributed by atoms with Crippen molar-refractivity contribution in [2.45, 2.75) is 32.6 Å². The van der Waals surface area contributed by atoms with E-state index in [-0.39, 0.29) is 5.56 Å². The van der Waals surface area contributed by atoms with Crippen molar-refractivity contribution in [1.82, 2.24) is 0 Å². The van der Waals surface area contributed by atoms with Gasteiger partial charge >= 0.3 is 0 Å². The predicted octanol–water partition coefficient (Wildman–Crippen LogP) is 3.92. The molecule has 0 fully saturated rings. The van der Waals surface area contributed by atoms with Gasteiger partial charge in [-0.15, -0.1) is 0 Å². The Morgan fingerprint density at radius 3 is 1.85 bits per heavy atom. The van der Waals surface area contributed by atoms with Gasteiger partial charge in [0.2, 0.25) is 0 Å². The van der Waals surface area contributed by atoms with E-state index in [0.717, 1.165) is 12.5 Å². The number of hydrogen-bond acceptors (Lipinski definition) is 0. The first-order valence-electron chi connectivity index (χ1n) is 4.39. The Morgan fingerprint density at radius 2 is 1.54 bits per heavy atom. The van der Waals surface area contributed by atoms with Gasteiger partial charge in [-0.1, -0.05) is 38.1 Å². The summed E-state index contributed by atoms with van der Waals surface area (Å²) in [6.07, 6.45) is 0. The number of halogens is 2. The minimum Gasteiger partial charge on any atom is -0.202 e. The molecule has 0 spiro atoms. The van der Waals surface area contributed by atoms with Crippen LogP contribution in [0, 0.1) is 0 Å². The van der Waals surface area contributed by atoms with E-state index in [1.165, 1.54) is 12.1 Å². The average molecular weight is 184 g/mol. The van der Waals surface area contributed by atoms with E-state index in [4.69, 9.17) is 0 Å². The van der Waals surface area contributed by atoms with Gasteiger partial charge in [0.1, 0.15) is 0 Å². The molecule has 0 bridgehead atoms. The van der Waals surface area contributed by atoms with Crippen molar-refractivity contribution in [3.05, 3.63) is 35.4 Å². The van der Waals surface area contributed by atoms with Crippen molar-refractivity contribution in [3.8, 4) is 0 Å². The first kappa shape index (κ1) is 10.2. The van der Waals surface area contributed by atoms with Crippen LogP contribution in [0.5, 0.6) is 0 Å². The smallest absolute Gasteiger partial charge is 0.202 e. The zero-order chi connectivity index (χ0) is 10.1. The summed E-state index contributed by atoms with van der Waals surface area (Å²) in [4.78, 5) is 0. The Kier molecular flexibility index (Phi) is 2.69. The normalized spacial score (nSPS) is 12.2. The zero-order valence-electron chi connectivity index (χ0n) is 8.14. The molecule has 0 nitrogen and oxygen atoms in total. The number of rotatable bonds is 2. The molecular formula is C11H14F2. The molecule has 0 atom stereocenters. The summed E-state index contributed by atoms with van der Waals surface area (Å²) in [5.41, 5.74) is 1.17.